The first-order valence-corrected chi connectivity index (χ1v) is 7.58. The van der Waals surface area contributed by atoms with Crippen LogP contribution in [0.15, 0.2) is 33.9 Å². The molecular formula is C14H21N3OS. The Labute approximate surface area is 118 Å². The Morgan fingerprint density at radius 1 is 1.26 bits per heavy atom. The normalized spacial score (nSPS) is 11.5. The summed E-state index contributed by atoms with van der Waals surface area (Å²) in [6.45, 7) is 3.17. The molecule has 0 saturated carbocycles. The zero-order valence-electron chi connectivity index (χ0n) is 11.6. The monoisotopic (exact) mass is 279 g/mol. The van der Waals surface area contributed by atoms with E-state index in [1.54, 1.807) is 11.8 Å². The van der Waals surface area contributed by atoms with E-state index >= 15 is 0 Å². The number of hydrogen-bond donors (Lipinski definition) is 1. The number of fused-ring (bicyclic) bond motifs is 1. The lowest BCUT2D eigenvalue weighted by Gasteiger charge is -2.09. The Kier molecular flexibility index (Phi) is 5.69. The number of para-hydroxylation sites is 2. The molecule has 1 heterocycles. The van der Waals surface area contributed by atoms with Gasteiger partial charge < -0.3 is 14.6 Å². The SMILES string of the molecule is CN(C)CCCNCCSc1nc2ccccc2o1. The van der Waals surface area contributed by atoms with Crippen molar-refractivity contribution in [3.05, 3.63) is 24.3 Å². The highest BCUT2D eigenvalue weighted by molar-refractivity contribution is 7.99. The molecule has 0 atom stereocenters. The second-order valence-corrected chi connectivity index (χ2v) is 5.75. The van der Waals surface area contributed by atoms with Gasteiger partial charge >= 0.3 is 0 Å². The number of aromatic nitrogens is 1. The molecule has 0 aliphatic carbocycles. The fraction of sp³-hybridized carbons (Fsp3) is 0.500. The molecule has 0 radical (unpaired) electrons. The predicted octanol–water partition coefficient (Wildman–Crippen LogP) is 2.46. The van der Waals surface area contributed by atoms with Crippen LogP contribution in [0, 0.1) is 0 Å². The van der Waals surface area contributed by atoms with Gasteiger partial charge in [0, 0.05) is 12.3 Å². The van der Waals surface area contributed by atoms with Gasteiger partial charge in [-0.05, 0) is 45.7 Å². The molecule has 0 aliphatic heterocycles. The minimum atomic E-state index is 0.760. The third kappa shape index (κ3) is 4.86. The average Bonchev–Trinajstić information content (AvgIpc) is 2.79. The van der Waals surface area contributed by atoms with Crippen LogP contribution in [0.25, 0.3) is 11.1 Å². The van der Waals surface area contributed by atoms with Crippen LogP contribution in [0.4, 0.5) is 0 Å². The number of nitrogens with zero attached hydrogens (tertiary/aromatic N) is 2. The maximum Gasteiger partial charge on any atom is 0.256 e. The third-order valence-electron chi connectivity index (χ3n) is 2.74. The molecule has 0 fully saturated rings. The molecule has 5 heteroatoms. The van der Waals surface area contributed by atoms with Crippen molar-refractivity contribution in [2.24, 2.45) is 0 Å². The molecule has 0 saturated heterocycles. The van der Waals surface area contributed by atoms with E-state index in [2.05, 4.69) is 29.3 Å². The number of oxazole rings is 1. The minimum absolute atomic E-state index is 0.760. The van der Waals surface area contributed by atoms with Crippen LogP contribution in [0.5, 0.6) is 0 Å². The lowest BCUT2D eigenvalue weighted by atomic mass is 10.3. The standard InChI is InChI=1S/C14H21N3OS/c1-17(2)10-5-8-15-9-11-19-14-16-12-6-3-4-7-13(12)18-14/h3-4,6-7,15H,5,8-11H2,1-2H3. The Hall–Kier alpha value is -1.04. The van der Waals surface area contributed by atoms with Crippen molar-refractivity contribution in [2.75, 3.05) is 39.5 Å². The van der Waals surface area contributed by atoms with Crippen LogP contribution >= 0.6 is 11.8 Å². The van der Waals surface area contributed by atoms with Crippen molar-refractivity contribution in [3.63, 3.8) is 0 Å². The molecule has 1 aromatic heterocycles. The highest BCUT2D eigenvalue weighted by Gasteiger charge is 2.04. The van der Waals surface area contributed by atoms with Crippen LogP contribution in [0.1, 0.15) is 6.42 Å². The Morgan fingerprint density at radius 2 is 2.11 bits per heavy atom. The largest absolute Gasteiger partial charge is 0.431 e. The number of nitrogens with one attached hydrogen (secondary N) is 1. The summed E-state index contributed by atoms with van der Waals surface area (Å²) < 4.78 is 5.64. The molecule has 0 bridgehead atoms. The van der Waals surface area contributed by atoms with Gasteiger partial charge in [-0.3, -0.25) is 0 Å². The quantitative estimate of drug-likeness (QED) is 0.594. The fourth-order valence-electron chi connectivity index (χ4n) is 1.77. The molecule has 0 spiro atoms. The second kappa shape index (κ2) is 7.53. The van der Waals surface area contributed by atoms with Gasteiger partial charge in [0.05, 0.1) is 0 Å². The first-order chi connectivity index (χ1) is 9.25. The van der Waals surface area contributed by atoms with Gasteiger partial charge in [0.25, 0.3) is 5.22 Å². The van der Waals surface area contributed by atoms with Crippen molar-refractivity contribution < 1.29 is 4.42 Å². The molecule has 2 rings (SSSR count). The van der Waals surface area contributed by atoms with E-state index in [-0.39, 0.29) is 0 Å². The smallest absolute Gasteiger partial charge is 0.256 e. The summed E-state index contributed by atoms with van der Waals surface area (Å²) in [7, 11) is 4.20. The van der Waals surface area contributed by atoms with Crippen LogP contribution in [0.2, 0.25) is 0 Å². The minimum Gasteiger partial charge on any atom is -0.431 e. The zero-order chi connectivity index (χ0) is 13.5. The summed E-state index contributed by atoms with van der Waals surface area (Å²) in [5.41, 5.74) is 1.80. The van der Waals surface area contributed by atoms with Gasteiger partial charge in [-0.2, -0.15) is 0 Å². The second-order valence-electron chi connectivity index (χ2n) is 4.70. The summed E-state index contributed by atoms with van der Waals surface area (Å²) in [6.07, 6.45) is 1.18. The first kappa shape index (κ1) is 14.4. The van der Waals surface area contributed by atoms with Crippen molar-refractivity contribution in [2.45, 2.75) is 11.6 Å². The first-order valence-electron chi connectivity index (χ1n) is 6.59. The lowest BCUT2D eigenvalue weighted by molar-refractivity contribution is 0.395. The van der Waals surface area contributed by atoms with E-state index in [9.17, 15) is 0 Å². The third-order valence-corrected chi connectivity index (χ3v) is 3.57. The van der Waals surface area contributed by atoms with Crippen LogP contribution in [0.3, 0.4) is 0 Å². The summed E-state index contributed by atoms with van der Waals surface area (Å²) in [4.78, 5) is 6.63. The van der Waals surface area contributed by atoms with Crippen LogP contribution in [-0.4, -0.2) is 49.4 Å². The van der Waals surface area contributed by atoms with E-state index in [1.807, 2.05) is 24.3 Å². The van der Waals surface area contributed by atoms with Gasteiger partial charge in [-0.1, -0.05) is 23.9 Å². The molecule has 0 amide bonds. The highest BCUT2D eigenvalue weighted by Crippen LogP contribution is 2.22. The predicted molar refractivity (Wildman–Crippen MR) is 80.8 cm³/mol. The van der Waals surface area contributed by atoms with Gasteiger partial charge in [0.2, 0.25) is 0 Å². The molecular weight excluding hydrogens is 258 g/mol. The summed E-state index contributed by atoms with van der Waals surface area (Å²) in [6, 6.07) is 7.87. The van der Waals surface area contributed by atoms with E-state index in [1.165, 1.54) is 6.42 Å². The van der Waals surface area contributed by atoms with Gasteiger partial charge in [-0.25, -0.2) is 4.98 Å². The molecule has 19 heavy (non-hydrogen) atoms. The van der Waals surface area contributed by atoms with E-state index in [0.717, 1.165) is 41.7 Å². The number of hydrogen-bond acceptors (Lipinski definition) is 5. The van der Waals surface area contributed by atoms with E-state index < -0.39 is 0 Å². The van der Waals surface area contributed by atoms with E-state index in [4.69, 9.17) is 4.42 Å². The molecule has 1 N–H and O–H groups in total. The molecule has 4 nitrogen and oxygen atoms in total. The van der Waals surface area contributed by atoms with Crippen molar-refractivity contribution in [1.82, 2.24) is 15.2 Å². The van der Waals surface area contributed by atoms with Gasteiger partial charge in [0.15, 0.2) is 5.58 Å². The zero-order valence-corrected chi connectivity index (χ0v) is 12.4. The summed E-state index contributed by atoms with van der Waals surface area (Å²) in [5, 5.41) is 4.19. The molecule has 2 aromatic rings. The Bertz CT molecular complexity index is 465. The summed E-state index contributed by atoms with van der Waals surface area (Å²) in [5.74, 6) is 0.981. The Morgan fingerprint density at radius 3 is 2.89 bits per heavy atom. The maximum absolute atomic E-state index is 5.64. The van der Waals surface area contributed by atoms with E-state index in [0.29, 0.717) is 0 Å². The number of thioether (sulfide) groups is 1. The van der Waals surface area contributed by atoms with Crippen LogP contribution in [-0.2, 0) is 0 Å². The lowest BCUT2D eigenvalue weighted by Crippen LogP contribution is -2.23. The fourth-order valence-corrected chi connectivity index (χ4v) is 2.50. The number of rotatable bonds is 8. The van der Waals surface area contributed by atoms with Gasteiger partial charge in [0.1, 0.15) is 5.52 Å². The maximum atomic E-state index is 5.64. The highest BCUT2D eigenvalue weighted by atomic mass is 32.2. The Balaban J connectivity index is 1.63. The molecule has 1 aromatic carbocycles. The molecule has 104 valence electrons. The van der Waals surface area contributed by atoms with Crippen molar-refractivity contribution >= 4 is 22.9 Å². The van der Waals surface area contributed by atoms with Crippen molar-refractivity contribution in [1.29, 1.82) is 0 Å². The number of benzene rings is 1. The summed E-state index contributed by atoms with van der Waals surface area (Å²) >= 11 is 1.66. The van der Waals surface area contributed by atoms with Crippen LogP contribution < -0.4 is 5.32 Å². The van der Waals surface area contributed by atoms with Crippen molar-refractivity contribution in [3.8, 4) is 0 Å². The average molecular weight is 279 g/mol. The molecule has 0 unspecified atom stereocenters. The van der Waals surface area contributed by atoms with Gasteiger partial charge in [-0.15, -0.1) is 0 Å². The molecule has 0 aliphatic rings. The topological polar surface area (TPSA) is 41.3 Å².